The average molecular weight is 220 g/mol. The minimum Gasteiger partial charge on any atom is -0.396 e. The number of hydrogen-bond donors (Lipinski definition) is 2. The lowest BCUT2D eigenvalue weighted by Gasteiger charge is -2.20. The second-order valence-electron chi connectivity index (χ2n) is 4.25. The van der Waals surface area contributed by atoms with Gasteiger partial charge in [-0.1, -0.05) is 6.92 Å². The van der Waals surface area contributed by atoms with Crippen LogP contribution in [-0.2, 0) is 0 Å². The Morgan fingerprint density at radius 2 is 2.38 bits per heavy atom. The molecule has 0 bridgehead atoms. The number of nitrogens with zero attached hydrogens (tertiary/aromatic N) is 2. The van der Waals surface area contributed by atoms with E-state index in [4.69, 9.17) is 5.73 Å². The molecule has 4 heteroatoms. The Kier molecular flexibility index (Phi) is 3.62. The zero-order valence-electron chi connectivity index (χ0n) is 9.82. The molecule has 1 saturated carbocycles. The Bertz CT molecular complexity index is 336. The molecule has 2 rings (SSSR count). The van der Waals surface area contributed by atoms with Gasteiger partial charge in [0.15, 0.2) is 0 Å². The second kappa shape index (κ2) is 5.16. The van der Waals surface area contributed by atoms with E-state index < -0.39 is 0 Å². The molecule has 1 aliphatic carbocycles. The smallest absolute Gasteiger partial charge is 0.0736 e. The SMILES string of the molecule is CCN(CCNc1ccncc1N)C1CC1. The van der Waals surface area contributed by atoms with Gasteiger partial charge >= 0.3 is 0 Å². The molecule has 4 nitrogen and oxygen atoms in total. The molecule has 0 aliphatic heterocycles. The monoisotopic (exact) mass is 220 g/mol. The molecule has 3 N–H and O–H groups in total. The molecule has 1 aromatic heterocycles. The summed E-state index contributed by atoms with van der Waals surface area (Å²) in [5, 5.41) is 3.35. The van der Waals surface area contributed by atoms with Crippen LogP contribution in [0.15, 0.2) is 18.5 Å². The van der Waals surface area contributed by atoms with Crippen LogP contribution in [0.4, 0.5) is 11.4 Å². The molecule has 1 fully saturated rings. The molecular formula is C12H20N4. The normalized spacial score (nSPS) is 15.4. The zero-order valence-corrected chi connectivity index (χ0v) is 9.82. The first-order chi connectivity index (χ1) is 7.81. The third-order valence-corrected chi connectivity index (χ3v) is 3.04. The van der Waals surface area contributed by atoms with Crippen molar-refractivity contribution in [3.63, 3.8) is 0 Å². The fourth-order valence-electron chi connectivity index (χ4n) is 1.94. The van der Waals surface area contributed by atoms with Gasteiger partial charge in [-0.05, 0) is 25.5 Å². The van der Waals surface area contributed by atoms with E-state index in [2.05, 4.69) is 22.1 Å². The summed E-state index contributed by atoms with van der Waals surface area (Å²) in [7, 11) is 0. The van der Waals surface area contributed by atoms with Gasteiger partial charge in [0.2, 0.25) is 0 Å². The zero-order chi connectivity index (χ0) is 11.4. The van der Waals surface area contributed by atoms with E-state index in [-0.39, 0.29) is 0 Å². The van der Waals surface area contributed by atoms with Crippen molar-refractivity contribution in [2.24, 2.45) is 0 Å². The predicted molar refractivity (Wildman–Crippen MR) is 67.4 cm³/mol. The highest BCUT2D eigenvalue weighted by Gasteiger charge is 2.26. The van der Waals surface area contributed by atoms with Crippen LogP contribution in [-0.4, -0.2) is 35.6 Å². The van der Waals surface area contributed by atoms with Gasteiger partial charge in [-0.2, -0.15) is 0 Å². The van der Waals surface area contributed by atoms with Crippen LogP contribution in [0.3, 0.4) is 0 Å². The summed E-state index contributed by atoms with van der Waals surface area (Å²) in [6.07, 6.45) is 6.18. The van der Waals surface area contributed by atoms with Crippen LogP contribution < -0.4 is 11.1 Å². The molecule has 0 saturated heterocycles. The molecule has 16 heavy (non-hydrogen) atoms. The lowest BCUT2D eigenvalue weighted by molar-refractivity contribution is 0.289. The minimum absolute atomic E-state index is 0.719. The molecule has 0 unspecified atom stereocenters. The molecule has 0 aromatic carbocycles. The Morgan fingerprint density at radius 1 is 1.56 bits per heavy atom. The van der Waals surface area contributed by atoms with Gasteiger partial charge in [0.05, 0.1) is 17.6 Å². The second-order valence-corrected chi connectivity index (χ2v) is 4.25. The average Bonchev–Trinajstić information content (AvgIpc) is 3.11. The molecule has 0 amide bonds. The molecule has 88 valence electrons. The van der Waals surface area contributed by atoms with Crippen LogP contribution in [0.25, 0.3) is 0 Å². The maximum absolute atomic E-state index is 5.80. The summed E-state index contributed by atoms with van der Waals surface area (Å²) in [6, 6.07) is 2.75. The largest absolute Gasteiger partial charge is 0.396 e. The standard InChI is InChI=1S/C12H20N4/c1-2-16(10-3-4-10)8-7-15-12-5-6-14-9-11(12)13/h5-6,9-10H,2-4,7-8,13H2,1H3,(H,14,15). The molecule has 1 aromatic rings. The van der Waals surface area contributed by atoms with Crippen molar-refractivity contribution in [2.45, 2.75) is 25.8 Å². The van der Waals surface area contributed by atoms with Crippen molar-refractivity contribution in [3.05, 3.63) is 18.5 Å². The van der Waals surface area contributed by atoms with Gasteiger partial charge in [0.1, 0.15) is 0 Å². The predicted octanol–water partition coefficient (Wildman–Crippen LogP) is 1.56. The third kappa shape index (κ3) is 2.85. The number of aromatic nitrogens is 1. The van der Waals surface area contributed by atoms with Crippen molar-refractivity contribution in [3.8, 4) is 0 Å². The van der Waals surface area contributed by atoms with Crippen LogP contribution in [0.5, 0.6) is 0 Å². The maximum Gasteiger partial charge on any atom is 0.0736 e. The van der Waals surface area contributed by atoms with Crippen molar-refractivity contribution in [1.29, 1.82) is 0 Å². The van der Waals surface area contributed by atoms with Crippen molar-refractivity contribution >= 4 is 11.4 Å². The lowest BCUT2D eigenvalue weighted by atomic mass is 10.3. The molecule has 0 atom stereocenters. The number of pyridine rings is 1. The van der Waals surface area contributed by atoms with Crippen molar-refractivity contribution in [1.82, 2.24) is 9.88 Å². The van der Waals surface area contributed by atoms with Gasteiger partial charge in [0, 0.05) is 25.3 Å². The van der Waals surface area contributed by atoms with E-state index in [1.165, 1.54) is 12.8 Å². The minimum atomic E-state index is 0.719. The number of rotatable bonds is 6. The number of likely N-dealkylation sites (N-methyl/N-ethyl adjacent to an activating group) is 1. The van der Waals surface area contributed by atoms with Gasteiger partial charge in [-0.3, -0.25) is 9.88 Å². The quantitative estimate of drug-likeness (QED) is 0.764. The lowest BCUT2D eigenvalue weighted by Crippen LogP contribution is -2.31. The Morgan fingerprint density at radius 3 is 3.00 bits per heavy atom. The van der Waals surface area contributed by atoms with Gasteiger partial charge in [0.25, 0.3) is 0 Å². The Balaban J connectivity index is 1.77. The fraction of sp³-hybridized carbons (Fsp3) is 0.583. The van der Waals surface area contributed by atoms with Gasteiger partial charge in [-0.15, -0.1) is 0 Å². The highest BCUT2D eigenvalue weighted by Crippen LogP contribution is 2.26. The summed E-state index contributed by atoms with van der Waals surface area (Å²) in [4.78, 5) is 6.49. The summed E-state index contributed by atoms with van der Waals surface area (Å²) >= 11 is 0. The third-order valence-electron chi connectivity index (χ3n) is 3.04. The first kappa shape index (κ1) is 11.2. The van der Waals surface area contributed by atoms with E-state index in [9.17, 15) is 0 Å². The first-order valence-corrected chi connectivity index (χ1v) is 5.98. The molecular weight excluding hydrogens is 200 g/mol. The van der Waals surface area contributed by atoms with Crippen LogP contribution in [0.1, 0.15) is 19.8 Å². The fourth-order valence-corrected chi connectivity index (χ4v) is 1.94. The molecule has 1 heterocycles. The number of nitrogen functional groups attached to an aromatic ring is 1. The molecule has 1 aliphatic rings. The van der Waals surface area contributed by atoms with Gasteiger partial charge < -0.3 is 11.1 Å². The van der Waals surface area contributed by atoms with Crippen LogP contribution in [0.2, 0.25) is 0 Å². The van der Waals surface area contributed by atoms with E-state index >= 15 is 0 Å². The van der Waals surface area contributed by atoms with E-state index in [0.29, 0.717) is 0 Å². The van der Waals surface area contributed by atoms with E-state index in [1.807, 2.05) is 6.07 Å². The topological polar surface area (TPSA) is 54.2 Å². The summed E-state index contributed by atoms with van der Waals surface area (Å²) in [6.45, 7) is 5.39. The summed E-state index contributed by atoms with van der Waals surface area (Å²) in [5.74, 6) is 0. The number of anilines is 2. The number of hydrogen-bond acceptors (Lipinski definition) is 4. The molecule has 0 radical (unpaired) electrons. The maximum atomic E-state index is 5.80. The van der Waals surface area contributed by atoms with Crippen molar-refractivity contribution < 1.29 is 0 Å². The van der Waals surface area contributed by atoms with Crippen LogP contribution in [0, 0.1) is 0 Å². The molecule has 0 spiro atoms. The first-order valence-electron chi connectivity index (χ1n) is 5.98. The Hall–Kier alpha value is -1.29. The summed E-state index contributed by atoms with van der Waals surface area (Å²) < 4.78 is 0. The number of nitrogens with two attached hydrogens (primary N) is 1. The highest BCUT2D eigenvalue weighted by atomic mass is 15.2. The number of nitrogens with one attached hydrogen (secondary N) is 1. The van der Waals surface area contributed by atoms with E-state index in [0.717, 1.165) is 37.1 Å². The van der Waals surface area contributed by atoms with Gasteiger partial charge in [-0.25, -0.2) is 0 Å². The van der Waals surface area contributed by atoms with Crippen LogP contribution >= 0.6 is 0 Å². The van der Waals surface area contributed by atoms with E-state index in [1.54, 1.807) is 12.4 Å². The van der Waals surface area contributed by atoms with Crippen molar-refractivity contribution in [2.75, 3.05) is 30.7 Å². The highest BCUT2D eigenvalue weighted by molar-refractivity contribution is 5.64. The Labute approximate surface area is 96.8 Å². The summed E-state index contributed by atoms with van der Waals surface area (Å²) in [5.41, 5.74) is 7.51.